The number of aromatic nitrogens is 1. The van der Waals surface area contributed by atoms with Crippen LogP contribution in [0.1, 0.15) is 6.04 Å². The summed E-state index contributed by atoms with van der Waals surface area (Å²) >= 11 is 0. The third-order valence-electron chi connectivity index (χ3n) is 1.97. The number of hydrogen-bond donors (Lipinski definition) is 2. The minimum atomic E-state index is -0.850. The first-order chi connectivity index (χ1) is 7.11. The molecule has 7 nitrogen and oxygen atoms in total. The topological polar surface area (TPSA) is 106 Å². The summed E-state index contributed by atoms with van der Waals surface area (Å²) in [6.07, 6.45) is 1.28. The molecule has 0 aliphatic carbocycles. The van der Waals surface area contributed by atoms with Crippen molar-refractivity contribution in [3.8, 4) is 0 Å². The zero-order valence-electron chi connectivity index (χ0n) is 7.74. The number of aliphatic hydroxyl groups is 2. The van der Waals surface area contributed by atoms with Gasteiger partial charge in [-0.25, -0.2) is 0 Å². The highest BCUT2D eigenvalue weighted by molar-refractivity contribution is 5.25. The van der Waals surface area contributed by atoms with Crippen LogP contribution in [0.5, 0.6) is 0 Å². The van der Waals surface area contributed by atoms with Gasteiger partial charge < -0.3 is 14.8 Å². The highest BCUT2D eigenvalue weighted by atomic mass is 16.6. The second-order valence-electron chi connectivity index (χ2n) is 2.88. The van der Waals surface area contributed by atoms with Crippen LogP contribution >= 0.6 is 0 Å². The molecule has 0 unspecified atom stereocenters. The Hall–Kier alpha value is -1.73. The van der Waals surface area contributed by atoms with Crippen molar-refractivity contribution in [1.82, 2.24) is 4.57 Å². The Kier molecular flexibility index (Phi) is 3.53. The summed E-state index contributed by atoms with van der Waals surface area (Å²) in [7, 11) is 0. The number of rotatable bonds is 4. The van der Waals surface area contributed by atoms with Crippen molar-refractivity contribution < 1.29 is 15.1 Å². The molecular weight excluding hydrogens is 204 g/mol. The standard InChI is InChI=1S/C8H10N2O5/c11-4-6(5-12)9-3-1-2-7(8(9)13)10(14)15/h1-3,6,11-12H,4-5H2. The van der Waals surface area contributed by atoms with E-state index in [0.717, 1.165) is 10.6 Å². The van der Waals surface area contributed by atoms with Crippen molar-refractivity contribution in [2.45, 2.75) is 6.04 Å². The van der Waals surface area contributed by atoms with Crippen LogP contribution in [0, 0.1) is 10.1 Å². The lowest BCUT2D eigenvalue weighted by atomic mass is 10.3. The number of hydrogen-bond acceptors (Lipinski definition) is 5. The molecule has 82 valence electrons. The lowest BCUT2D eigenvalue weighted by Crippen LogP contribution is -2.29. The molecule has 1 heterocycles. The largest absolute Gasteiger partial charge is 0.394 e. The molecule has 1 aromatic heterocycles. The first kappa shape index (κ1) is 11.3. The van der Waals surface area contributed by atoms with E-state index in [0.29, 0.717) is 0 Å². The van der Waals surface area contributed by atoms with Crippen molar-refractivity contribution in [2.24, 2.45) is 0 Å². The average Bonchev–Trinajstić information content (AvgIpc) is 2.21. The van der Waals surface area contributed by atoms with Crippen molar-refractivity contribution in [1.29, 1.82) is 0 Å². The van der Waals surface area contributed by atoms with Crippen LogP contribution in [0.15, 0.2) is 23.1 Å². The molecule has 0 bridgehead atoms. The third kappa shape index (κ3) is 2.20. The number of nitro groups is 1. The van der Waals surface area contributed by atoms with Gasteiger partial charge in [-0.2, -0.15) is 0 Å². The van der Waals surface area contributed by atoms with E-state index in [1.165, 1.54) is 12.3 Å². The predicted octanol–water partition coefficient (Wildman–Crippen LogP) is -0.718. The Labute approximate surface area is 84.4 Å². The molecule has 0 amide bonds. The minimum Gasteiger partial charge on any atom is -0.394 e. The van der Waals surface area contributed by atoms with E-state index >= 15 is 0 Å². The van der Waals surface area contributed by atoms with E-state index in [-0.39, 0.29) is 0 Å². The highest BCUT2D eigenvalue weighted by Crippen LogP contribution is 2.06. The van der Waals surface area contributed by atoms with Gasteiger partial charge in [-0.3, -0.25) is 14.9 Å². The molecule has 1 rings (SSSR count). The zero-order valence-corrected chi connectivity index (χ0v) is 7.74. The normalized spacial score (nSPS) is 10.6. The fourth-order valence-corrected chi connectivity index (χ4v) is 1.16. The van der Waals surface area contributed by atoms with Gasteiger partial charge in [0.1, 0.15) is 0 Å². The molecule has 15 heavy (non-hydrogen) atoms. The van der Waals surface area contributed by atoms with Crippen molar-refractivity contribution in [2.75, 3.05) is 13.2 Å². The minimum absolute atomic E-state index is 0.461. The third-order valence-corrected chi connectivity index (χ3v) is 1.97. The summed E-state index contributed by atoms with van der Waals surface area (Å²) in [5.41, 5.74) is -1.42. The van der Waals surface area contributed by atoms with Gasteiger partial charge in [-0.15, -0.1) is 0 Å². The second kappa shape index (κ2) is 4.67. The van der Waals surface area contributed by atoms with Crippen LogP contribution in [-0.4, -0.2) is 32.9 Å². The lowest BCUT2D eigenvalue weighted by Gasteiger charge is -2.13. The lowest BCUT2D eigenvalue weighted by molar-refractivity contribution is -0.386. The van der Waals surface area contributed by atoms with Crippen molar-refractivity contribution in [3.63, 3.8) is 0 Å². The highest BCUT2D eigenvalue weighted by Gasteiger charge is 2.17. The Bertz CT molecular complexity index is 410. The van der Waals surface area contributed by atoms with Crippen LogP contribution in [-0.2, 0) is 0 Å². The predicted molar refractivity (Wildman–Crippen MR) is 50.6 cm³/mol. The van der Waals surface area contributed by atoms with Gasteiger partial charge in [0.25, 0.3) is 0 Å². The van der Waals surface area contributed by atoms with Gasteiger partial charge in [0.15, 0.2) is 0 Å². The van der Waals surface area contributed by atoms with E-state index in [1.54, 1.807) is 0 Å². The first-order valence-electron chi connectivity index (χ1n) is 4.19. The van der Waals surface area contributed by atoms with Crippen molar-refractivity contribution >= 4 is 5.69 Å². The fraction of sp³-hybridized carbons (Fsp3) is 0.375. The molecule has 0 spiro atoms. The van der Waals surface area contributed by atoms with Crippen LogP contribution < -0.4 is 5.56 Å². The summed E-state index contributed by atoms with van der Waals surface area (Å²) in [6, 6.07) is 1.54. The molecule has 0 fully saturated rings. The Balaban J connectivity index is 3.26. The van der Waals surface area contributed by atoms with Crippen LogP contribution in [0.25, 0.3) is 0 Å². The Morgan fingerprint density at radius 3 is 2.53 bits per heavy atom. The Morgan fingerprint density at radius 2 is 2.07 bits per heavy atom. The molecule has 0 saturated carbocycles. The SMILES string of the molecule is O=c1c([N+](=O)[O-])cccn1C(CO)CO. The molecule has 0 saturated heterocycles. The van der Waals surface area contributed by atoms with E-state index < -0.39 is 35.4 Å². The molecule has 7 heteroatoms. The van der Waals surface area contributed by atoms with E-state index in [2.05, 4.69) is 0 Å². The second-order valence-corrected chi connectivity index (χ2v) is 2.88. The van der Waals surface area contributed by atoms with Crippen LogP contribution in [0.3, 0.4) is 0 Å². The summed E-state index contributed by atoms with van der Waals surface area (Å²) in [6.45, 7) is -0.921. The van der Waals surface area contributed by atoms with Gasteiger partial charge in [0.05, 0.1) is 24.2 Å². The van der Waals surface area contributed by atoms with E-state index in [4.69, 9.17) is 10.2 Å². The molecule has 1 aromatic rings. The van der Waals surface area contributed by atoms with E-state index in [1.807, 2.05) is 0 Å². The number of nitrogens with zero attached hydrogens (tertiary/aromatic N) is 2. The Morgan fingerprint density at radius 1 is 1.47 bits per heavy atom. The van der Waals surface area contributed by atoms with Crippen LogP contribution in [0.4, 0.5) is 5.69 Å². The molecular formula is C8H10N2O5. The average molecular weight is 214 g/mol. The van der Waals surface area contributed by atoms with Crippen LogP contribution in [0.2, 0.25) is 0 Å². The van der Waals surface area contributed by atoms with Gasteiger partial charge in [0, 0.05) is 12.3 Å². The summed E-state index contributed by atoms with van der Waals surface area (Å²) in [5.74, 6) is 0. The smallest absolute Gasteiger partial charge is 0.334 e. The molecule has 0 atom stereocenters. The maximum absolute atomic E-state index is 11.5. The zero-order chi connectivity index (χ0) is 11.4. The molecule has 0 aliphatic heterocycles. The molecule has 0 aromatic carbocycles. The monoisotopic (exact) mass is 214 g/mol. The van der Waals surface area contributed by atoms with Gasteiger partial charge in [0.2, 0.25) is 0 Å². The quantitative estimate of drug-likeness (QED) is 0.508. The summed E-state index contributed by atoms with van der Waals surface area (Å²) in [4.78, 5) is 21.1. The molecule has 0 aliphatic rings. The maximum Gasteiger partial charge on any atom is 0.334 e. The fourth-order valence-electron chi connectivity index (χ4n) is 1.16. The number of pyridine rings is 1. The summed E-state index contributed by atoms with van der Waals surface area (Å²) in [5, 5.41) is 28.1. The van der Waals surface area contributed by atoms with Gasteiger partial charge in [-0.05, 0) is 6.07 Å². The van der Waals surface area contributed by atoms with E-state index in [9.17, 15) is 14.9 Å². The van der Waals surface area contributed by atoms with Crippen molar-refractivity contribution in [3.05, 3.63) is 38.8 Å². The van der Waals surface area contributed by atoms with Gasteiger partial charge in [-0.1, -0.05) is 0 Å². The summed E-state index contributed by atoms with van der Waals surface area (Å²) < 4.78 is 0.943. The number of aliphatic hydroxyl groups excluding tert-OH is 2. The maximum atomic E-state index is 11.5. The molecule has 0 radical (unpaired) electrons. The van der Waals surface area contributed by atoms with Gasteiger partial charge >= 0.3 is 11.2 Å². The first-order valence-corrected chi connectivity index (χ1v) is 4.19. The molecule has 2 N–H and O–H groups in total.